The summed E-state index contributed by atoms with van der Waals surface area (Å²) >= 11 is 0. The van der Waals surface area contributed by atoms with Crippen molar-refractivity contribution >= 4 is 5.97 Å². The van der Waals surface area contributed by atoms with Gasteiger partial charge in [-0.05, 0) is 45.1 Å². The maximum atomic E-state index is 12.0. The molecule has 0 saturated carbocycles. The lowest BCUT2D eigenvalue weighted by atomic mass is 9.89. The molecule has 1 aliphatic rings. The molecule has 0 unspecified atom stereocenters. The highest BCUT2D eigenvalue weighted by atomic mass is 16.6. The van der Waals surface area contributed by atoms with E-state index in [0.717, 1.165) is 19.4 Å². The third kappa shape index (κ3) is 4.06. The molecule has 104 valence electrons. The number of nitrogens with one attached hydrogen (secondary N) is 1. The Labute approximate surface area is 115 Å². The van der Waals surface area contributed by atoms with Crippen molar-refractivity contribution in [2.45, 2.75) is 51.2 Å². The zero-order chi connectivity index (χ0) is 13.9. The Hall–Kier alpha value is -1.35. The van der Waals surface area contributed by atoms with E-state index in [1.165, 1.54) is 5.56 Å². The lowest BCUT2D eigenvalue weighted by molar-refractivity contribution is -0.158. The van der Waals surface area contributed by atoms with E-state index < -0.39 is 5.60 Å². The second-order valence-electron chi connectivity index (χ2n) is 6.18. The van der Waals surface area contributed by atoms with Gasteiger partial charge in [0, 0.05) is 6.54 Å². The Balaban J connectivity index is 1.88. The van der Waals surface area contributed by atoms with Crippen molar-refractivity contribution in [1.82, 2.24) is 5.32 Å². The number of carbonyl (C=O) groups is 1. The van der Waals surface area contributed by atoms with Crippen molar-refractivity contribution in [3.63, 3.8) is 0 Å². The molecule has 1 aliphatic heterocycles. The molecule has 3 nitrogen and oxygen atoms in total. The van der Waals surface area contributed by atoms with Gasteiger partial charge in [0.1, 0.15) is 11.6 Å². The van der Waals surface area contributed by atoms with Crippen LogP contribution >= 0.6 is 0 Å². The number of hydrogen-bond donors (Lipinski definition) is 1. The average Bonchev–Trinajstić information content (AvgIpc) is 2.38. The Morgan fingerprint density at radius 1 is 1.21 bits per heavy atom. The fourth-order valence-corrected chi connectivity index (χ4v) is 2.44. The second-order valence-corrected chi connectivity index (χ2v) is 6.18. The molecule has 19 heavy (non-hydrogen) atoms. The summed E-state index contributed by atoms with van der Waals surface area (Å²) in [5, 5.41) is 3.32. The molecule has 1 heterocycles. The van der Waals surface area contributed by atoms with Gasteiger partial charge in [0.25, 0.3) is 0 Å². The van der Waals surface area contributed by atoms with Crippen molar-refractivity contribution in [3.8, 4) is 0 Å². The standard InChI is InChI=1S/C16H23NO2/c1-16(2,3)19-15(18)14-10-9-13(11-17-14)12-7-5-4-6-8-12/h4-8,13-14,17H,9-11H2,1-3H3/t13-,14-/m1/s1. The fourth-order valence-electron chi connectivity index (χ4n) is 2.44. The van der Waals surface area contributed by atoms with E-state index in [1.807, 2.05) is 26.8 Å². The maximum Gasteiger partial charge on any atom is 0.323 e. The second kappa shape index (κ2) is 5.74. The number of benzene rings is 1. The van der Waals surface area contributed by atoms with Gasteiger partial charge in [-0.3, -0.25) is 4.79 Å². The molecule has 0 amide bonds. The number of hydrogen-bond acceptors (Lipinski definition) is 3. The zero-order valence-electron chi connectivity index (χ0n) is 12.0. The predicted octanol–water partition coefficient (Wildman–Crippen LogP) is 2.86. The van der Waals surface area contributed by atoms with E-state index in [9.17, 15) is 4.79 Å². The van der Waals surface area contributed by atoms with Crippen LogP contribution in [-0.4, -0.2) is 24.2 Å². The maximum absolute atomic E-state index is 12.0. The van der Waals surface area contributed by atoms with Crippen molar-refractivity contribution in [2.75, 3.05) is 6.54 Å². The highest BCUT2D eigenvalue weighted by Crippen LogP contribution is 2.25. The van der Waals surface area contributed by atoms with E-state index in [-0.39, 0.29) is 12.0 Å². The van der Waals surface area contributed by atoms with Crippen LogP contribution in [0.4, 0.5) is 0 Å². The molecule has 1 aromatic rings. The first-order valence-corrected chi connectivity index (χ1v) is 6.97. The third-order valence-electron chi connectivity index (χ3n) is 3.38. The Bertz CT molecular complexity index is 414. The van der Waals surface area contributed by atoms with Gasteiger partial charge in [-0.1, -0.05) is 30.3 Å². The SMILES string of the molecule is CC(C)(C)OC(=O)[C@H]1CC[C@@H](c2ccccc2)CN1. The molecule has 0 aromatic heterocycles. The number of esters is 1. The van der Waals surface area contributed by atoms with E-state index in [4.69, 9.17) is 4.74 Å². The molecule has 1 saturated heterocycles. The number of carbonyl (C=O) groups excluding carboxylic acids is 1. The van der Waals surface area contributed by atoms with Crippen LogP contribution in [0.3, 0.4) is 0 Å². The summed E-state index contributed by atoms with van der Waals surface area (Å²) in [5.74, 6) is 0.374. The van der Waals surface area contributed by atoms with Gasteiger partial charge in [-0.25, -0.2) is 0 Å². The minimum atomic E-state index is -0.408. The van der Waals surface area contributed by atoms with Crippen LogP contribution in [0.15, 0.2) is 30.3 Å². The van der Waals surface area contributed by atoms with Gasteiger partial charge in [-0.15, -0.1) is 0 Å². The first-order chi connectivity index (χ1) is 8.96. The first kappa shape index (κ1) is 14.1. The minimum Gasteiger partial charge on any atom is -0.459 e. The molecular formula is C16H23NO2. The average molecular weight is 261 g/mol. The van der Waals surface area contributed by atoms with Crippen LogP contribution in [0.25, 0.3) is 0 Å². The van der Waals surface area contributed by atoms with Gasteiger partial charge in [0.05, 0.1) is 0 Å². The third-order valence-corrected chi connectivity index (χ3v) is 3.38. The van der Waals surface area contributed by atoms with E-state index >= 15 is 0 Å². The lowest BCUT2D eigenvalue weighted by Crippen LogP contribution is -2.46. The first-order valence-electron chi connectivity index (χ1n) is 6.97. The molecule has 1 aromatic carbocycles. The van der Waals surface area contributed by atoms with Crippen LogP contribution in [0, 0.1) is 0 Å². The topological polar surface area (TPSA) is 38.3 Å². The van der Waals surface area contributed by atoms with Gasteiger partial charge < -0.3 is 10.1 Å². The fraction of sp³-hybridized carbons (Fsp3) is 0.562. The van der Waals surface area contributed by atoms with Crippen molar-refractivity contribution in [3.05, 3.63) is 35.9 Å². The molecule has 1 N–H and O–H groups in total. The normalized spacial score (nSPS) is 23.9. The molecule has 0 aliphatic carbocycles. The van der Waals surface area contributed by atoms with Crippen LogP contribution in [-0.2, 0) is 9.53 Å². The predicted molar refractivity (Wildman–Crippen MR) is 76.1 cm³/mol. The molecule has 0 spiro atoms. The summed E-state index contributed by atoms with van der Waals surface area (Å²) in [4.78, 5) is 12.0. The van der Waals surface area contributed by atoms with E-state index in [0.29, 0.717) is 5.92 Å². The molecule has 1 fully saturated rings. The van der Waals surface area contributed by atoms with Crippen LogP contribution < -0.4 is 5.32 Å². The Morgan fingerprint density at radius 2 is 1.89 bits per heavy atom. The summed E-state index contributed by atoms with van der Waals surface area (Å²) in [6.07, 6.45) is 1.87. The molecule has 3 heteroatoms. The minimum absolute atomic E-state index is 0.126. The van der Waals surface area contributed by atoms with Crippen LogP contribution in [0.2, 0.25) is 0 Å². The molecular weight excluding hydrogens is 238 g/mol. The van der Waals surface area contributed by atoms with Crippen molar-refractivity contribution in [1.29, 1.82) is 0 Å². The summed E-state index contributed by atoms with van der Waals surface area (Å²) < 4.78 is 5.42. The highest BCUT2D eigenvalue weighted by Gasteiger charge is 2.29. The van der Waals surface area contributed by atoms with E-state index in [2.05, 4.69) is 29.6 Å². The van der Waals surface area contributed by atoms with Crippen molar-refractivity contribution in [2.24, 2.45) is 0 Å². The summed E-state index contributed by atoms with van der Waals surface area (Å²) in [7, 11) is 0. The van der Waals surface area contributed by atoms with Gasteiger partial charge in [0.15, 0.2) is 0 Å². The van der Waals surface area contributed by atoms with Crippen molar-refractivity contribution < 1.29 is 9.53 Å². The smallest absolute Gasteiger partial charge is 0.323 e. The summed E-state index contributed by atoms with van der Waals surface area (Å²) in [5.41, 5.74) is 0.937. The zero-order valence-corrected chi connectivity index (χ0v) is 12.0. The largest absolute Gasteiger partial charge is 0.459 e. The summed E-state index contributed by atoms with van der Waals surface area (Å²) in [6, 6.07) is 10.3. The highest BCUT2D eigenvalue weighted by molar-refractivity contribution is 5.76. The Kier molecular flexibility index (Phi) is 4.25. The summed E-state index contributed by atoms with van der Waals surface area (Å²) in [6.45, 7) is 6.55. The van der Waals surface area contributed by atoms with Gasteiger partial charge in [-0.2, -0.15) is 0 Å². The van der Waals surface area contributed by atoms with Gasteiger partial charge in [0.2, 0.25) is 0 Å². The quantitative estimate of drug-likeness (QED) is 0.832. The molecule has 2 atom stereocenters. The van der Waals surface area contributed by atoms with Crippen LogP contribution in [0.1, 0.15) is 45.1 Å². The van der Waals surface area contributed by atoms with E-state index in [1.54, 1.807) is 0 Å². The molecule has 0 bridgehead atoms. The van der Waals surface area contributed by atoms with Gasteiger partial charge >= 0.3 is 5.97 Å². The number of piperidine rings is 1. The molecule has 2 rings (SSSR count). The number of ether oxygens (including phenoxy) is 1. The monoisotopic (exact) mass is 261 g/mol. The lowest BCUT2D eigenvalue weighted by Gasteiger charge is -2.31. The van der Waals surface area contributed by atoms with Crippen LogP contribution in [0.5, 0.6) is 0 Å². The number of rotatable bonds is 2. The Morgan fingerprint density at radius 3 is 2.42 bits per heavy atom. The molecule has 0 radical (unpaired) electrons.